The van der Waals surface area contributed by atoms with Crippen molar-refractivity contribution < 1.29 is 22.3 Å². The Morgan fingerprint density at radius 1 is 1.11 bits per heavy atom. The van der Waals surface area contributed by atoms with Crippen LogP contribution in [0.1, 0.15) is 37.1 Å². The van der Waals surface area contributed by atoms with E-state index in [0.29, 0.717) is 11.0 Å². The summed E-state index contributed by atoms with van der Waals surface area (Å²) in [6.07, 6.45) is -1.30. The number of hydrogen-bond acceptors (Lipinski definition) is 6. The maximum absolute atomic E-state index is 15.9. The van der Waals surface area contributed by atoms with Gasteiger partial charge in [-0.2, -0.15) is 32.7 Å². The quantitative estimate of drug-likeness (QED) is 0.371. The summed E-state index contributed by atoms with van der Waals surface area (Å²) in [6.45, 7) is 1.80. The van der Waals surface area contributed by atoms with Crippen molar-refractivity contribution in [3.05, 3.63) is 52.1 Å². The molecular formula is C24H25F4N7O2. The standard InChI is InChI=1S/C24H25F4N7O2/c1-13-30-20(19(25)23(31-13)37-16-6-4-15(5-7-16)24(26,27)28)22-21-17(8-9-18(36)34(21)3)32-35(22)12-14-10-29-33(2)11-14/h8-11,15-16H,4-7,12H2,1-3H3. The Labute approximate surface area is 208 Å². The van der Waals surface area contributed by atoms with Gasteiger partial charge in [0.05, 0.1) is 24.2 Å². The Morgan fingerprint density at radius 2 is 1.84 bits per heavy atom. The molecule has 0 atom stereocenters. The summed E-state index contributed by atoms with van der Waals surface area (Å²) in [5, 5.41) is 8.75. The van der Waals surface area contributed by atoms with Crippen LogP contribution >= 0.6 is 0 Å². The molecule has 1 fully saturated rings. The summed E-state index contributed by atoms with van der Waals surface area (Å²) < 4.78 is 65.4. The first-order chi connectivity index (χ1) is 17.5. The van der Waals surface area contributed by atoms with Crippen molar-refractivity contribution in [1.29, 1.82) is 0 Å². The number of pyridine rings is 1. The number of alkyl halides is 3. The highest BCUT2D eigenvalue weighted by Crippen LogP contribution is 2.39. The molecule has 13 heteroatoms. The molecule has 0 saturated heterocycles. The van der Waals surface area contributed by atoms with E-state index in [-0.39, 0.29) is 60.9 Å². The minimum absolute atomic E-state index is 0.0860. The molecule has 9 nitrogen and oxygen atoms in total. The minimum Gasteiger partial charge on any atom is -0.472 e. The number of rotatable bonds is 5. The van der Waals surface area contributed by atoms with E-state index in [9.17, 15) is 18.0 Å². The third-order valence-electron chi connectivity index (χ3n) is 6.67. The fraction of sp³-hybridized carbons (Fsp3) is 0.458. The van der Waals surface area contributed by atoms with Crippen LogP contribution in [0.2, 0.25) is 0 Å². The van der Waals surface area contributed by atoms with Crippen molar-refractivity contribution in [1.82, 2.24) is 34.1 Å². The van der Waals surface area contributed by atoms with Crippen LogP contribution < -0.4 is 10.3 Å². The van der Waals surface area contributed by atoms with Crippen LogP contribution in [-0.4, -0.2) is 46.4 Å². The molecule has 1 aliphatic carbocycles. The maximum Gasteiger partial charge on any atom is 0.391 e. The van der Waals surface area contributed by atoms with Gasteiger partial charge in [-0.1, -0.05) is 0 Å². The fourth-order valence-electron chi connectivity index (χ4n) is 4.80. The summed E-state index contributed by atoms with van der Waals surface area (Å²) in [5.74, 6) is -2.37. The first-order valence-corrected chi connectivity index (χ1v) is 11.8. The smallest absolute Gasteiger partial charge is 0.391 e. The number of ether oxygens (including phenoxy) is 1. The predicted octanol–water partition coefficient (Wildman–Crippen LogP) is 3.92. The second-order valence-electron chi connectivity index (χ2n) is 9.36. The number of aryl methyl sites for hydroxylation is 3. The van der Waals surface area contributed by atoms with E-state index in [0.717, 1.165) is 5.56 Å². The molecule has 1 aliphatic rings. The second-order valence-corrected chi connectivity index (χ2v) is 9.36. The zero-order valence-corrected chi connectivity index (χ0v) is 20.5. The van der Waals surface area contributed by atoms with E-state index in [2.05, 4.69) is 20.2 Å². The van der Waals surface area contributed by atoms with Crippen molar-refractivity contribution in [2.24, 2.45) is 20.0 Å². The lowest BCUT2D eigenvalue weighted by Gasteiger charge is -2.30. The molecule has 0 aliphatic heterocycles. The van der Waals surface area contributed by atoms with Gasteiger partial charge >= 0.3 is 6.18 Å². The van der Waals surface area contributed by atoms with Gasteiger partial charge in [-0.05, 0) is 38.7 Å². The molecule has 0 spiro atoms. The third-order valence-corrected chi connectivity index (χ3v) is 6.67. The minimum atomic E-state index is -4.25. The highest BCUT2D eigenvalue weighted by Gasteiger charge is 2.42. The lowest BCUT2D eigenvalue weighted by atomic mass is 9.87. The van der Waals surface area contributed by atoms with E-state index < -0.39 is 24.0 Å². The molecule has 0 N–H and O–H groups in total. The molecule has 4 aromatic rings. The molecule has 4 aromatic heterocycles. The monoisotopic (exact) mass is 519 g/mol. The maximum atomic E-state index is 15.9. The summed E-state index contributed by atoms with van der Waals surface area (Å²) >= 11 is 0. The van der Waals surface area contributed by atoms with Crippen LogP contribution in [-0.2, 0) is 20.6 Å². The van der Waals surface area contributed by atoms with Crippen LogP contribution in [0.25, 0.3) is 22.4 Å². The predicted molar refractivity (Wildman–Crippen MR) is 125 cm³/mol. The van der Waals surface area contributed by atoms with Gasteiger partial charge in [0, 0.05) is 31.9 Å². The topological polar surface area (TPSA) is 92.6 Å². The lowest BCUT2D eigenvalue weighted by Crippen LogP contribution is -2.32. The van der Waals surface area contributed by atoms with E-state index >= 15 is 4.39 Å². The summed E-state index contributed by atoms with van der Waals surface area (Å²) in [4.78, 5) is 20.9. The first-order valence-electron chi connectivity index (χ1n) is 11.8. The van der Waals surface area contributed by atoms with Gasteiger partial charge in [-0.25, -0.2) is 4.98 Å². The molecule has 196 valence electrons. The Kier molecular flexibility index (Phi) is 6.24. The molecule has 1 saturated carbocycles. The molecule has 4 heterocycles. The lowest BCUT2D eigenvalue weighted by molar-refractivity contribution is -0.185. The van der Waals surface area contributed by atoms with Crippen LogP contribution in [0.4, 0.5) is 17.6 Å². The number of nitrogens with zero attached hydrogens (tertiary/aromatic N) is 7. The Hall–Kier alpha value is -3.77. The summed E-state index contributed by atoms with van der Waals surface area (Å²) in [6, 6.07) is 2.93. The van der Waals surface area contributed by atoms with Crippen LogP contribution in [0, 0.1) is 18.7 Å². The van der Waals surface area contributed by atoms with Gasteiger partial charge in [0.25, 0.3) is 11.4 Å². The van der Waals surface area contributed by atoms with Crippen molar-refractivity contribution in [3.8, 4) is 17.3 Å². The van der Waals surface area contributed by atoms with E-state index in [1.807, 2.05) is 0 Å². The van der Waals surface area contributed by atoms with Crippen LogP contribution in [0.15, 0.2) is 29.3 Å². The molecule has 37 heavy (non-hydrogen) atoms. The Bertz CT molecular complexity index is 1510. The highest BCUT2D eigenvalue weighted by molar-refractivity contribution is 5.89. The van der Waals surface area contributed by atoms with Gasteiger partial charge in [-0.3, -0.25) is 14.2 Å². The summed E-state index contributed by atoms with van der Waals surface area (Å²) in [7, 11) is 3.33. The van der Waals surface area contributed by atoms with E-state index in [4.69, 9.17) is 4.74 Å². The van der Waals surface area contributed by atoms with Crippen molar-refractivity contribution in [2.45, 2.75) is 51.4 Å². The zero-order valence-electron chi connectivity index (χ0n) is 20.5. The van der Waals surface area contributed by atoms with E-state index in [1.165, 1.54) is 10.6 Å². The normalized spacial score (nSPS) is 18.5. The molecule has 0 radical (unpaired) electrons. The molecule has 5 rings (SSSR count). The third kappa shape index (κ3) is 4.81. The van der Waals surface area contributed by atoms with E-state index in [1.54, 1.807) is 48.8 Å². The number of aromatic nitrogens is 7. The SMILES string of the molecule is Cc1nc(OC2CCC(C(F)(F)F)CC2)c(F)c(-c2c3c(ccc(=O)n3C)nn2Cc2cnn(C)c2)n1. The van der Waals surface area contributed by atoms with Crippen molar-refractivity contribution >= 4 is 11.0 Å². The highest BCUT2D eigenvalue weighted by atomic mass is 19.4. The van der Waals surface area contributed by atoms with Gasteiger partial charge in [0.15, 0.2) is 0 Å². The largest absolute Gasteiger partial charge is 0.472 e. The van der Waals surface area contributed by atoms with Gasteiger partial charge in [0.2, 0.25) is 5.82 Å². The average molecular weight is 520 g/mol. The van der Waals surface area contributed by atoms with Crippen molar-refractivity contribution in [2.75, 3.05) is 0 Å². The Morgan fingerprint density at radius 3 is 2.49 bits per heavy atom. The number of halogens is 4. The number of fused-ring (bicyclic) bond motifs is 1. The Balaban J connectivity index is 1.57. The average Bonchev–Trinajstić information content (AvgIpc) is 3.41. The summed E-state index contributed by atoms with van der Waals surface area (Å²) in [5.41, 5.74) is 1.48. The van der Waals surface area contributed by atoms with Crippen LogP contribution in [0.5, 0.6) is 5.88 Å². The van der Waals surface area contributed by atoms with Crippen LogP contribution in [0.3, 0.4) is 0 Å². The molecular weight excluding hydrogens is 494 g/mol. The van der Waals surface area contributed by atoms with Gasteiger partial charge in [-0.15, -0.1) is 0 Å². The molecule has 0 aromatic carbocycles. The van der Waals surface area contributed by atoms with Gasteiger partial charge in [0.1, 0.15) is 28.8 Å². The fourth-order valence-corrected chi connectivity index (χ4v) is 4.80. The molecule has 0 unspecified atom stereocenters. The molecule has 0 amide bonds. The number of hydrogen-bond donors (Lipinski definition) is 0. The van der Waals surface area contributed by atoms with Crippen molar-refractivity contribution in [3.63, 3.8) is 0 Å². The first kappa shape index (κ1) is 24.9. The van der Waals surface area contributed by atoms with Gasteiger partial charge < -0.3 is 9.30 Å². The zero-order chi connectivity index (χ0) is 26.5. The second kappa shape index (κ2) is 9.27. The molecule has 0 bridgehead atoms.